The SMILES string of the molecule is CC1(C)c2ccccc2C2(CCNC2)c2ccccc21. The van der Waals surface area contributed by atoms with E-state index in [0.717, 1.165) is 13.1 Å². The monoisotopic (exact) mass is 263 g/mol. The highest BCUT2D eigenvalue weighted by Gasteiger charge is 2.47. The lowest BCUT2D eigenvalue weighted by molar-refractivity contribution is 0.488. The molecule has 1 N–H and O–H groups in total. The number of hydrogen-bond acceptors (Lipinski definition) is 1. The van der Waals surface area contributed by atoms with Gasteiger partial charge in [-0.15, -0.1) is 0 Å². The number of fused-ring (bicyclic) bond motifs is 4. The summed E-state index contributed by atoms with van der Waals surface area (Å²) < 4.78 is 0. The second kappa shape index (κ2) is 3.95. The Morgan fingerprint density at radius 3 is 1.75 bits per heavy atom. The van der Waals surface area contributed by atoms with Gasteiger partial charge in [0.1, 0.15) is 0 Å². The van der Waals surface area contributed by atoms with Crippen LogP contribution in [0.3, 0.4) is 0 Å². The minimum Gasteiger partial charge on any atom is -0.315 e. The third-order valence-electron chi connectivity index (χ3n) is 5.39. The summed E-state index contributed by atoms with van der Waals surface area (Å²) in [7, 11) is 0. The molecule has 1 aliphatic heterocycles. The van der Waals surface area contributed by atoms with Gasteiger partial charge in [0.05, 0.1) is 0 Å². The van der Waals surface area contributed by atoms with Crippen molar-refractivity contribution in [1.29, 1.82) is 0 Å². The molecule has 1 heterocycles. The molecule has 0 unspecified atom stereocenters. The van der Waals surface area contributed by atoms with Crippen molar-refractivity contribution in [3.05, 3.63) is 70.8 Å². The van der Waals surface area contributed by atoms with E-state index in [1.807, 2.05) is 0 Å². The molecular weight excluding hydrogens is 242 g/mol. The summed E-state index contributed by atoms with van der Waals surface area (Å²) in [6, 6.07) is 18.1. The van der Waals surface area contributed by atoms with Crippen molar-refractivity contribution >= 4 is 0 Å². The van der Waals surface area contributed by atoms with Crippen molar-refractivity contribution in [1.82, 2.24) is 5.32 Å². The predicted molar refractivity (Wildman–Crippen MR) is 83.3 cm³/mol. The Kier molecular flexibility index (Phi) is 2.41. The van der Waals surface area contributed by atoms with E-state index in [1.54, 1.807) is 0 Å². The molecule has 1 fully saturated rings. The topological polar surface area (TPSA) is 12.0 Å². The Hall–Kier alpha value is -1.60. The summed E-state index contributed by atoms with van der Waals surface area (Å²) in [6.45, 7) is 6.90. The maximum absolute atomic E-state index is 3.59. The molecule has 1 heteroatoms. The van der Waals surface area contributed by atoms with Crippen LogP contribution in [-0.2, 0) is 10.8 Å². The molecule has 0 amide bonds. The van der Waals surface area contributed by atoms with Gasteiger partial charge in [0.25, 0.3) is 0 Å². The Bertz CT molecular complexity index is 611. The van der Waals surface area contributed by atoms with Crippen molar-refractivity contribution in [2.75, 3.05) is 13.1 Å². The van der Waals surface area contributed by atoms with Crippen molar-refractivity contribution in [2.45, 2.75) is 31.1 Å². The zero-order valence-electron chi connectivity index (χ0n) is 12.2. The van der Waals surface area contributed by atoms with E-state index >= 15 is 0 Å². The van der Waals surface area contributed by atoms with E-state index in [1.165, 1.54) is 28.7 Å². The molecule has 4 rings (SSSR count). The Morgan fingerprint density at radius 1 is 0.800 bits per heavy atom. The normalized spacial score (nSPS) is 21.5. The van der Waals surface area contributed by atoms with Crippen LogP contribution in [0, 0.1) is 0 Å². The molecule has 0 aromatic heterocycles. The van der Waals surface area contributed by atoms with Crippen LogP contribution < -0.4 is 5.32 Å². The van der Waals surface area contributed by atoms with Gasteiger partial charge < -0.3 is 5.32 Å². The van der Waals surface area contributed by atoms with Crippen LogP contribution in [0.4, 0.5) is 0 Å². The van der Waals surface area contributed by atoms with Crippen molar-refractivity contribution in [3.8, 4) is 0 Å². The third kappa shape index (κ3) is 1.36. The first-order valence-corrected chi connectivity index (χ1v) is 7.57. The van der Waals surface area contributed by atoms with Crippen LogP contribution in [-0.4, -0.2) is 13.1 Å². The number of nitrogens with one attached hydrogen (secondary N) is 1. The molecular formula is C19H21N. The van der Waals surface area contributed by atoms with Gasteiger partial charge in [-0.1, -0.05) is 62.4 Å². The van der Waals surface area contributed by atoms with E-state index in [9.17, 15) is 0 Å². The van der Waals surface area contributed by atoms with Gasteiger partial charge in [0.2, 0.25) is 0 Å². The van der Waals surface area contributed by atoms with Crippen LogP contribution >= 0.6 is 0 Å². The minimum atomic E-state index is 0.0982. The van der Waals surface area contributed by atoms with E-state index in [0.29, 0.717) is 0 Å². The molecule has 0 atom stereocenters. The molecule has 1 saturated heterocycles. The molecule has 1 nitrogen and oxygen atoms in total. The Labute approximate surface area is 121 Å². The minimum absolute atomic E-state index is 0.0982. The van der Waals surface area contributed by atoms with Gasteiger partial charge in [-0.2, -0.15) is 0 Å². The molecule has 0 saturated carbocycles. The fourth-order valence-corrected chi connectivity index (χ4v) is 4.33. The molecule has 102 valence electrons. The highest BCUT2D eigenvalue weighted by atomic mass is 14.9. The molecule has 2 aromatic carbocycles. The summed E-state index contributed by atoms with van der Waals surface area (Å²) in [4.78, 5) is 0. The van der Waals surface area contributed by atoms with E-state index in [-0.39, 0.29) is 10.8 Å². The van der Waals surface area contributed by atoms with Crippen molar-refractivity contribution in [3.63, 3.8) is 0 Å². The lowest BCUT2D eigenvalue weighted by Gasteiger charge is -2.45. The van der Waals surface area contributed by atoms with Crippen molar-refractivity contribution < 1.29 is 0 Å². The average Bonchev–Trinajstić information content (AvgIpc) is 2.97. The van der Waals surface area contributed by atoms with Crippen LogP contribution in [0.2, 0.25) is 0 Å². The lowest BCUT2D eigenvalue weighted by Crippen LogP contribution is -2.41. The van der Waals surface area contributed by atoms with Crippen LogP contribution in [0.5, 0.6) is 0 Å². The largest absolute Gasteiger partial charge is 0.315 e. The second-order valence-electron chi connectivity index (χ2n) is 6.73. The highest BCUT2D eigenvalue weighted by molar-refractivity contribution is 5.59. The van der Waals surface area contributed by atoms with E-state index in [4.69, 9.17) is 0 Å². The van der Waals surface area contributed by atoms with E-state index < -0.39 is 0 Å². The molecule has 0 bridgehead atoms. The Balaban J connectivity index is 2.10. The lowest BCUT2D eigenvalue weighted by atomic mass is 9.58. The smallest absolute Gasteiger partial charge is 0.0345 e. The van der Waals surface area contributed by atoms with Crippen LogP contribution in [0.1, 0.15) is 42.5 Å². The van der Waals surface area contributed by atoms with Gasteiger partial charge in [-0.3, -0.25) is 0 Å². The predicted octanol–water partition coefficient (Wildman–Crippen LogP) is 3.61. The highest BCUT2D eigenvalue weighted by Crippen LogP contribution is 2.51. The maximum Gasteiger partial charge on any atom is 0.0345 e. The zero-order valence-corrected chi connectivity index (χ0v) is 12.2. The number of rotatable bonds is 0. The van der Waals surface area contributed by atoms with Crippen LogP contribution in [0.15, 0.2) is 48.5 Å². The third-order valence-corrected chi connectivity index (χ3v) is 5.39. The van der Waals surface area contributed by atoms with Gasteiger partial charge in [0.15, 0.2) is 0 Å². The Morgan fingerprint density at radius 2 is 1.30 bits per heavy atom. The van der Waals surface area contributed by atoms with Gasteiger partial charge in [-0.25, -0.2) is 0 Å². The number of benzene rings is 2. The summed E-state index contributed by atoms with van der Waals surface area (Å²) in [5.74, 6) is 0. The number of hydrogen-bond donors (Lipinski definition) is 1. The zero-order chi connectivity index (χ0) is 13.8. The van der Waals surface area contributed by atoms with Crippen molar-refractivity contribution in [2.24, 2.45) is 0 Å². The summed E-state index contributed by atoms with van der Waals surface area (Å²) in [5, 5.41) is 3.59. The second-order valence-corrected chi connectivity index (χ2v) is 6.73. The average molecular weight is 263 g/mol. The van der Waals surface area contributed by atoms with Gasteiger partial charge in [-0.05, 0) is 35.2 Å². The summed E-state index contributed by atoms with van der Waals surface area (Å²) in [6.07, 6.45) is 1.21. The maximum atomic E-state index is 3.59. The standard InChI is InChI=1S/C19H21N/c1-18(2)14-7-3-5-9-16(14)19(11-12-20-13-19)17-10-6-4-8-15(17)18/h3-10,20H,11-13H2,1-2H3. The first-order valence-electron chi connectivity index (χ1n) is 7.57. The first-order chi connectivity index (χ1) is 9.66. The molecule has 0 radical (unpaired) electrons. The summed E-state index contributed by atoms with van der Waals surface area (Å²) >= 11 is 0. The fourth-order valence-electron chi connectivity index (χ4n) is 4.33. The summed E-state index contributed by atoms with van der Waals surface area (Å²) in [5.41, 5.74) is 6.36. The van der Waals surface area contributed by atoms with Gasteiger partial charge in [0, 0.05) is 17.4 Å². The molecule has 1 aliphatic carbocycles. The van der Waals surface area contributed by atoms with Gasteiger partial charge >= 0.3 is 0 Å². The fraction of sp³-hybridized carbons (Fsp3) is 0.368. The quantitative estimate of drug-likeness (QED) is 0.765. The van der Waals surface area contributed by atoms with E-state index in [2.05, 4.69) is 67.7 Å². The first kappa shape index (κ1) is 12.2. The van der Waals surface area contributed by atoms with Crippen LogP contribution in [0.25, 0.3) is 0 Å². The molecule has 2 aromatic rings. The molecule has 2 aliphatic rings. The molecule has 20 heavy (non-hydrogen) atoms. The molecule has 1 spiro atoms.